The molecule has 112 valence electrons. The average Bonchev–Trinajstić information content (AvgIpc) is 3.10. The molecule has 0 unspecified atom stereocenters. The highest BCUT2D eigenvalue weighted by Crippen LogP contribution is 2.29. The number of hydrogen-bond donors (Lipinski definition) is 2. The molecule has 0 saturated heterocycles. The molecule has 1 aromatic heterocycles. The van der Waals surface area contributed by atoms with Crippen LogP contribution in [0.4, 0.5) is 0 Å². The Balaban J connectivity index is 1.47. The van der Waals surface area contributed by atoms with Gasteiger partial charge in [-0.1, -0.05) is 32.1 Å². The fraction of sp³-hybridized carbons (Fsp3) is 0.812. The molecule has 0 aliphatic heterocycles. The molecule has 2 N–H and O–H groups in total. The molecule has 0 atom stereocenters. The zero-order chi connectivity index (χ0) is 13.8. The van der Waals surface area contributed by atoms with E-state index in [1.54, 1.807) is 0 Å². The normalized spacial score (nSPS) is 23.2. The van der Waals surface area contributed by atoms with Gasteiger partial charge in [-0.2, -0.15) is 5.10 Å². The van der Waals surface area contributed by atoms with E-state index in [2.05, 4.69) is 22.3 Å². The summed E-state index contributed by atoms with van der Waals surface area (Å²) in [5, 5.41) is 18.4. The van der Waals surface area contributed by atoms with Crippen molar-refractivity contribution < 1.29 is 5.11 Å². The van der Waals surface area contributed by atoms with Crippen molar-refractivity contribution in [1.82, 2.24) is 15.1 Å². The molecule has 2 saturated carbocycles. The Labute approximate surface area is 121 Å². The fourth-order valence-corrected chi connectivity index (χ4v) is 3.65. The molecule has 0 amide bonds. The molecule has 0 aromatic carbocycles. The minimum absolute atomic E-state index is 0.466. The van der Waals surface area contributed by atoms with Crippen LogP contribution < -0.4 is 5.32 Å². The van der Waals surface area contributed by atoms with Gasteiger partial charge in [0.05, 0.1) is 17.3 Å². The lowest BCUT2D eigenvalue weighted by molar-refractivity contribution is 0.0474. The monoisotopic (exact) mass is 277 g/mol. The lowest BCUT2D eigenvalue weighted by atomic mass is 9.96. The Kier molecular flexibility index (Phi) is 4.41. The van der Waals surface area contributed by atoms with Gasteiger partial charge in [0.15, 0.2) is 0 Å². The van der Waals surface area contributed by atoms with Crippen molar-refractivity contribution in [2.75, 3.05) is 6.54 Å². The molecule has 0 bridgehead atoms. The van der Waals surface area contributed by atoms with E-state index in [4.69, 9.17) is 5.10 Å². The Bertz CT molecular complexity index is 417. The van der Waals surface area contributed by atoms with Crippen LogP contribution in [0, 0.1) is 0 Å². The van der Waals surface area contributed by atoms with Crippen LogP contribution in [0.2, 0.25) is 0 Å². The number of nitrogens with zero attached hydrogens (tertiary/aromatic N) is 2. The zero-order valence-corrected chi connectivity index (χ0v) is 12.4. The highest BCUT2D eigenvalue weighted by molar-refractivity contribution is 5.00. The van der Waals surface area contributed by atoms with Crippen molar-refractivity contribution in [3.63, 3.8) is 0 Å². The number of rotatable bonds is 5. The first-order chi connectivity index (χ1) is 9.75. The average molecular weight is 277 g/mol. The second-order valence-electron chi connectivity index (χ2n) is 6.61. The van der Waals surface area contributed by atoms with Gasteiger partial charge in [0, 0.05) is 19.3 Å². The van der Waals surface area contributed by atoms with Crippen LogP contribution in [0.25, 0.3) is 0 Å². The van der Waals surface area contributed by atoms with Crippen molar-refractivity contribution >= 4 is 0 Å². The minimum atomic E-state index is -0.466. The van der Waals surface area contributed by atoms with Crippen LogP contribution in [0.5, 0.6) is 0 Å². The standard InChI is InChI=1S/C16H27N3O/c20-16(9-4-5-10-16)13-17-12-14-8-11-19(18-14)15-6-2-1-3-7-15/h8,11,15,17,20H,1-7,9-10,12-13H2. The number of hydrogen-bond acceptors (Lipinski definition) is 3. The third-order valence-electron chi connectivity index (χ3n) is 4.91. The molecule has 1 aromatic rings. The first kappa shape index (κ1) is 14.1. The highest BCUT2D eigenvalue weighted by atomic mass is 16.3. The second kappa shape index (κ2) is 6.27. The van der Waals surface area contributed by atoms with Gasteiger partial charge >= 0.3 is 0 Å². The molecule has 4 heteroatoms. The van der Waals surface area contributed by atoms with Crippen LogP contribution in [-0.2, 0) is 6.54 Å². The summed E-state index contributed by atoms with van der Waals surface area (Å²) in [5.41, 5.74) is 0.628. The summed E-state index contributed by atoms with van der Waals surface area (Å²) >= 11 is 0. The van der Waals surface area contributed by atoms with E-state index in [1.807, 2.05) is 0 Å². The van der Waals surface area contributed by atoms with Gasteiger partial charge < -0.3 is 10.4 Å². The summed E-state index contributed by atoms with van der Waals surface area (Å²) < 4.78 is 2.15. The zero-order valence-electron chi connectivity index (χ0n) is 12.4. The van der Waals surface area contributed by atoms with Crippen LogP contribution in [0.15, 0.2) is 12.3 Å². The molecular formula is C16H27N3O. The smallest absolute Gasteiger partial charge is 0.0771 e. The van der Waals surface area contributed by atoms with E-state index in [0.717, 1.165) is 37.9 Å². The summed E-state index contributed by atoms with van der Waals surface area (Å²) in [6.07, 6.45) is 12.9. The number of nitrogens with one attached hydrogen (secondary N) is 1. The summed E-state index contributed by atoms with van der Waals surface area (Å²) in [6, 6.07) is 2.72. The molecular weight excluding hydrogens is 250 g/mol. The molecule has 0 spiro atoms. The van der Waals surface area contributed by atoms with Crippen LogP contribution in [-0.4, -0.2) is 27.0 Å². The maximum atomic E-state index is 10.3. The summed E-state index contributed by atoms with van der Waals surface area (Å²) in [7, 11) is 0. The summed E-state index contributed by atoms with van der Waals surface area (Å²) in [4.78, 5) is 0. The van der Waals surface area contributed by atoms with E-state index < -0.39 is 5.60 Å². The topological polar surface area (TPSA) is 50.1 Å². The Morgan fingerprint density at radius 2 is 1.95 bits per heavy atom. The van der Waals surface area contributed by atoms with Gasteiger partial charge in [0.25, 0.3) is 0 Å². The third-order valence-corrected chi connectivity index (χ3v) is 4.91. The highest BCUT2D eigenvalue weighted by Gasteiger charge is 2.30. The molecule has 0 radical (unpaired) electrons. The Morgan fingerprint density at radius 1 is 1.20 bits per heavy atom. The number of aromatic nitrogens is 2. The van der Waals surface area contributed by atoms with E-state index in [9.17, 15) is 5.11 Å². The first-order valence-corrected chi connectivity index (χ1v) is 8.22. The molecule has 2 aliphatic carbocycles. The maximum absolute atomic E-state index is 10.3. The predicted octanol–water partition coefficient (Wildman–Crippen LogP) is 2.78. The van der Waals surface area contributed by atoms with Crippen LogP contribution in [0.3, 0.4) is 0 Å². The van der Waals surface area contributed by atoms with Crippen molar-refractivity contribution in [1.29, 1.82) is 0 Å². The van der Waals surface area contributed by atoms with Crippen LogP contribution in [0.1, 0.15) is 69.5 Å². The van der Waals surface area contributed by atoms with Gasteiger partial charge in [0.1, 0.15) is 0 Å². The summed E-state index contributed by atoms with van der Waals surface area (Å²) in [5.74, 6) is 0. The van der Waals surface area contributed by atoms with Crippen molar-refractivity contribution in [2.24, 2.45) is 0 Å². The quantitative estimate of drug-likeness (QED) is 0.870. The van der Waals surface area contributed by atoms with Crippen molar-refractivity contribution in [2.45, 2.75) is 76.0 Å². The maximum Gasteiger partial charge on any atom is 0.0771 e. The third kappa shape index (κ3) is 3.41. The molecule has 4 nitrogen and oxygen atoms in total. The molecule has 1 heterocycles. The van der Waals surface area contributed by atoms with E-state index in [0.29, 0.717) is 12.6 Å². The lowest BCUT2D eigenvalue weighted by Gasteiger charge is -2.22. The molecule has 2 aliphatic rings. The van der Waals surface area contributed by atoms with E-state index >= 15 is 0 Å². The largest absolute Gasteiger partial charge is 0.389 e. The fourth-order valence-electron chi connectivity index (χ4n) is 3.65. The molecule has 2 fully saturated rings. The van der Waals surface area contributed by atoms with E-state index in [-0.39, 0.29) is 0 Å². The van der Waals surface area contributed by atoms with Gasteiger partial charge in [0.2, 0.25) is 0 Å². The van der Waals surface area contributed by atoms with Gasteiger partial charge in [-0.25, -0.2) is 0 Å². The second-order valence-corrected chi connectivity index (χ2v) is 6.61. The van der Waals surface area contributed by atoms with Gasteiger partial charge in [-0.05, 0) is 31.7 Å². The van der Waals surface area contributed by atoms with Crippen molar-refractivity contribution in [3.8, 4) is 0 Å². The van der Waals surface area contributed by atoms with Gasteiger partial charge in [-0.15, -0.1) is 0 Å². The molecule has 3 rings (SSSR count). The van der Waals surface area contributed by atoms with Crippen LogP contribution >= 0.6 is 0 Å². The van der Waals surface area contributed by atoms with E-state index in [1.165, 1.54) is 32.1 Å². The first-order valence-electron chi connectivity index (χ1n) is 8.22. The summed E-state index contributed by atoms with van der Waals surface area (Å²) in [6.45, 7) is 1.46. The Morgan fingerprint density at radius 3 is 2.70 bits per heavy atom. The van der Waals surface area contributed by atoms with Gasteiger partial charge in [-0.3, -0.25) is 4.68 Å². The molecule has 20 heavy (non-hydrogen) atoms. The SMILES string of the molecule is OC1(CNCc2ccn(C3CCCCC3)n2)CCCC1. The Hall–Kier alpha value is -0.870. The number of aliphatic hydroxyl groups is 1. The minimum Gasteiger partial charge on any atom is -0.389 e. The lowest BCUT2D eigenvalue weighted by Crippen LogP contribution is -2.37. The van der Waals surface area contributed by atoms with Crippen molar-refractivity contribution in [3.05, 3.63) is 18.0 Å². The predicted molar refractivity (Wildman–Crippen MR) is 79.5 cm³/mol.